The lowest BCUT2D eigenvalue weighted by atomic mass is 9.89. The van der Waals surface area contributed by atoms with Gasteiger partial charge in [-0.25, -0.2) is 4.98 Å². The molecule has 1 aliphatic carbocycles. The number of nitrogens with zero attached hydrogens (tertiary/aromatic N) is 3. The van der Waals surface area contributed by atoms with Gasteiger partial charge >= 0.3 is 12.1 Å². The maximum absolute atomic E-state index is 13.7. The molecule has 35 heavy (non-hydrogen) atoms. The molecule has 1 aromatic heterocycles. The fourth-order valence-corrected chi connectivity index (χ4v) is 4.80. The van der Waals surface area contributed by atoms with Gasteiger partial charge in [0.2, 0.25) is 5.95 Å². The highest BCUT2D eigenvalue weighted by molar-refractivity contribution is 5.76. The van der Waals surface area contributed by atoms with E-state index in [1.807, 2.05) is 31.2 Å². The summed E-state index contributed by atoms with van der Waals surface area (Å²) in [7, 11) is 1.74. The zero-order valence-corrected chi connectivity index (χ0v) is 19.6. The van der Waals surface area contributed by atoms with Crippen molar-refractivity contribution in [2.75, 3.05) is 17.7 Å². The van der Waals surface area contributed by atoms with E-state index in [0.29, 0.717) is 18.7 Å². The molecular weight excluding hydrogens is 461 g/mol. The molecule has 0 spiro atoms. The van der Waals surface area contributed by atoms with E-state index in [1.54, 1.807) is 11.9 Å². The van der Waals surface area contributed by atoms with Gasteiger partial charge in [0.1, 0.15) is 17.2 Å². The number of aliphatic carboxylic acids is 1. The van der Waals surface area contributed by atoms with Gasteiger partial charge in [-0.1, -0.05) is 24.3 Å². The number of nitrogens with one attached hydrogen (secondary N) is 2. The highest BCUT2D eigenvalue weighted by atomic mass is 19.4. The number of allylic oxidation sites excluding steroid dienone is 1. The van der Waals surface area contributed by atoms with Crippen molar-refractivity contribution >= 4 is 23.3 Å². The molecule has 1 saturated carbocycles. The van der Waals surface area contributed by atoms with Crippen LogP contribution < -0.4 is 16.4 Å². The van der Waals surface area contributed by atoms with Crippen LogP contribution in [0.2, 0.25) is 0 Å². The molecule has 0 saturated heterocycles. The van der Waals surface area contributed by atoms with Crippen molar-refractivity contribution in [2.24, 2.45) is 5.73 Å². The Hall–Kier alpha value is -3.34. The summed E-state index contributed by atoms with van der Waals surface area (Å²) in [5.41, 5.74) is 7.53. The monoisotopic (exact) mass is 490 g/mol. The molecule has 4 rings (SSSR count). The summed E-state index contributed by atoms with van der Waals surface area (Å²) in [6.45, 7) is 1.86. The number of carboxylic acids is 1. The smallest absolute Gasteiger partial charge is 0.421 e. The van der Waals surface area contributed by atoms with Crippen LogP contribution in [0.1, 0.15) is 61.8 Å². The minimum absolute atomic E-state index is 0.0114. The number of carboxylic acid groups (broad SMARTS) is 1. The van der Waals surface area contributed by atoms with Crippen LogP contribution in [0.4, 0.5) is 24.9 Å². The highest BCUT2D eigenvalue weighted by Crippen LogP contribution is 2.40. The summed E-state index contributed by atoms with van der Waals surface area (Å²) in [6.07, 6.45) is -1.21. The van der Waals surface area contributed by atoms with Gasteiger partial charge in [0.25, 0.3) is 0 Å². The number of aromatic nitrogens is 2. The van der Waals surface area contributed by atoms with Crippen LogP contribution in [0.3, 0.4) is 0 Å². The Labute approximate surface area is 201 Å². The number of anilines is 2. The Bertz CT molecular complexity index is 1130. The number of alkyl halides is 3. The third-order valence-electron chi connectivity index (χ3n) is 6.70. The molecule has 0 bridgehead atoms. The fourth-order valence-electron chi connectivity index (χ4n) is 4.80. The summed E-state index contributed by atoms with van der Waals surface area (Å²) >= 11 is 0. The number of nitrogens with two attached hydrogens (primary N) is 1. The Kier molecular flexibility index (Phi) is 6.88. The number of halogens is 3. The van der Waals surface area contributed by atoms with Crippen LogP contribution >= 0.6 is 0 Å². The van der Waals surface area contributed by atoms with Crippen LogP contribution in [-0.2, 0) is 11.0 Å². The summed E-state index contributed by atoms with van der Waals surface area (Å²) in [5.74, 6) is -0.721. The molecule has 8 nitrogen and oxygen atoms in total. The van der Waals surface area contributed by atoms with Gasteiger partial charge in [-0.15, -0.1) is 0 Å². The number of benzene rings is 1. The predicted octanol–water partition coefficient (Wildman–Crippen LogP) is 4.44. The SMILES string of the molecule is CC1=C(Nc2ncc(C(F)(F)F)c(NC3CCC(N)CC3)n2)N(C)C(CC(=O)O)c2ccccc21. The molecule has 188 valence electrons. The van der Waals surface area contributed by atoms with Gasteiger partial charge in [0, 0.05) is 25.3 Å². The number of fused-ring (bicyclic) bond motifs is 1. The molecule has 2 heterocycles. The molecule has 2 aliphatic rings. The predicted molar refractivity (Wildman–Crippen MR) is 126 cm³/mol. The minimum atomic E-state index is -4.62. The summed E-state index contributed by atoms with van der Waals surface area (Å²) in [6, 6.07) is 6.92. The molecule has 0 radical (unpaired) electrons. The average Bonchev–Trinajstić information content (AvgIpc) is 2.80. The molecule has 1 aliphatic heterocycles. The molecule has 1 atom stereocenters. The van der Waals surface area contributed by atoms with E-state index in [2.05, 4.69) is 20.6 Å². The Morgan fingerprint density at radius 1 is 1.23 bits per heavy atom. The van der Waals surface area contributed by atoms with Crippen molar-refractivity contribution in [3.8, 4) is 0 Å². The largest absolute Gasteiger partial charge is 0.481 e. The molecular formula is C24H29F3N6O2. The molecule has 1 aromatic carbocycles. The molecule has 5 N–H and O–H groups in total. The standard InChI is InChI=1S/C24H29F3N6O2/c1-13-16-5-3-4-6-17(16)19(11-20(34)35)33(2)22(13)32-23-29-12-18(24(25,26)27)21(31-23)30-15-9-7-14(28)8-10-15/h3-6,12,14-15,19H,7-11,28H2,1-2H3,(H,34,35)(H2,29,30,31,32). The first-order chi connectivity index (χ1) is 16.5. The van der Waals surface area contributed by atoms with Crippen molar-refractivity contribution in [3.05, 3.63) is 53.0 Å². The summed E-state index contributed by atoms with van der Waals surface area (Å²) in [4.78, 5) is 21.4. The van der Waals surface area contributed by atoms with E-state index in [4.69, 9.17) is 5.73 Å². The fraction of sp³-hybridized carbons (Fsp3) is 0.458. The second kappa shape index (κ2) is 9.73. The Morgan fingerprint density at radius 3 is 2.57 bits per heavy atom. The molecule has 0 amide bonds. The van der Waals surface area contributed by atoms with Gasteiger partial charge in [0.15, 0.2) is 0 Å². The average molecular weight is 491 g/mol. The lowest BCUT2D eigenvalue weighted by Gasteiger charge is -2.38. The molecule has 2 aromatic rings. The van der Waals surface area contributed by atoms with Crippen LogP contribution in [0.25, 0.3) is 5.57 Å². The number of hydrogen-bond acceptors (Lipinski definition) is 7. The third kappa shape index (κ3) is 5.34. The van der Waals surface area contributed by atoms with E-state index >= 15 is 0 Å². The van der Waals surface area contributed by atoms with Crippen LogP contribution in [0.15, 0.2) is 36.3 Å². The normalized spacial score (nSPS) is 22.6. The number of rotatable bonds is 6. The van der Waals surface area contributed by atoms with Gasteiger partial charge in [-0.3, -0.25) is 4.79 Å². The zero-order valence-electron chi connectivity index (χ0n) is 19.6. The van der Waals surface area contributed by atoms with Crippen molar-refractivity contribution in [1.82, 2.24) is 14.9 Å². The van der Waals surface area contributed by atoms with Crippen molar-refractivity contribution in [1.29, 1.82) is 0 Å². The second-order valence-electron chi connectivity index (χ2n) is 9.12. The third-order valence-corrected chi connectivity index (χ3v) is 6.70. The van der Waals surface area contributed by atoms with Crippen LogP contribution in [0.5, 0.6) is 0 Å². The summed E-state index contributed by atoms with van der Waals surface area (Å²) in [5, 5.41) is 15.5. The van der Waals surface area contributed by atoms with E-state index in [9.17, 15) is 23.1 Å². The minimum Gasteiger partial charge on any atom is -0.481 e. The lowest BCUT2D eigenvalue weighted by molar-refractivity contribution is -0.138. The van der Waals surface area contributed by atoms with E-state index in [0.717, 1.165) is 35.7 Å². The maximum Gasteiger partial charge on any atom is 0.421 e. The van der Waals surface area contributed by atoms with Gasteiger partial charge in [0.05, 0.1) is 12.5 Å². The van der Waals surface area contributed by atoms with Crippen molar-refractivity contribution in [3.63, 3.8) is 0 Å². The topological polar surface area (TPSA) is 116 Å². The van der Waals surface area contributed by atoms with Crippen LogP contribution in [-0.4, -0.2) is 45.1 Å². The van der Waals surface area contributed by atoms with Gasteiger partial charge in [-0.2, -0.15) is 18.2 Å². The van der Waals surface area contributed by atoms with Crippen molar-refractivity contribution < 1.29 is 23.1 Å². The van der Waals surface area contributed by atoms with E-state index in [-0.39, 0.29) is 30.3 Å². The first-order valence-electron chi connectivity index (χ1n) is 11.5. The van der Waals surface area contributed by atoms with E-state index < -0.39 is 23.8 Å². The number of hydrogen-bond donors (Lipinski definition) is 4. The second-order valence-corrected chi connectivity index (χ2v) is 9.12. The first kappa shape index (κ1) is 24.8. The Balaban J connectivity index is 1.68. The Morgan fingerprint density at radius 2 is 1.91 bits per heavy atom. The highest BCUT2D eigenvalue weighted by Gasteiger charge is 2.37. The lowest BCUT2D eigenvalue weighted by Crippen LogP contribution is -2.35. The quantitative estimate of drug-likeness (QED) is 0.470. The van der Waals surface area contributed by atoms with Gasteiger partial charge in [-0.05, 0) is 49.3 Å². The van der Waals surface area contributed by atoms with Crippen LogP contribution in [0, 0.1) is 0 Å². The van der Waals surface area contributed by atoms with Gasteiger partial charge < -0.3 is 26.4 Å². The van der Waals surface area contributed by atoms with E-state index in [1.165, 1.54) is 0 Å². The molecule has 1 fully saturated rings. The first-order valence-corrected chi connectivity index (χ1v) is 11.5. The molecule has 11 heteroatoms. The van der Waals surface area contributed by atoms with Crippen molar-refractivity contribution in [2.45, 2.75) is 63.3 Å². The molecule has 1 unspecified atom stereocenters. The zero-order chi connectivity index (χ0) is 25.3. The maximum atomic E-state index is 13.7. The summed E-state index contributed by atoms with van der Waals surface area (Å²) < 4.78 is 41.1. The number of carbonyl (C=O) groups is 1.